The van der Waals surface area contributed by atoms with E-state index in [1.54, 1.807) is 13.0 Å². The van der Waals surface area contributed by atoms with Gasteiger partial charge in [-0.15, -0.1) is 0 Å². The fourth-order valence-electron chi connectivity index (χ4n) is 3.08. The monoisotopic (exact) mass is 358 g/mol. The lowest BCUT2D eigenvalue weighted by Crippen LogP contribution is -2.20. The van der Waals surface area contributed by atoms with E-state index in [1.807, 2.05) is 12.1 Å². The van der Waals surface area contributed by atoms with Crippen LogP contribution in [0.15, 0.2) is 30.4 Å². The van der Waals surface area contributed by atoms with Crippen LogP contribution < -0.4 is 4.74 Å². The molecule has 2 rings (SSSR count). The van der Waals surface area contributed by atoms with Gasteiger partial charge in [0, 0.05) is 24.0 Å². The number of ether oxygens (including phenoxy) is 2. The molecule has 0 saturated heterocycles. The zero-order valence-corrected chi connectivity index (χ0v) is 16.0. The van der Waals surface area contributed by atoms with Crippen LogP contribution in [0.25, 0.3) is 0 Å². The van der Waals surface area contributed by atoms with Gasteiger partial charge in [-0.05, 0) is 37.1 Å². The molecule has 1 aliphatic heterocycles. The maximum Gasteiger partial charge on any atom is 0.306 e. The summed E-state index contributed by atoms with van der Waals surface area (Å²) >= 11 is 0. The summed E-state index contributed by atoms with van der Waals surface area (Å²) in [6.07, 6.45) is 7.81. The van der Waals surface area contributed by atoms with Crippen molar-refractivity contribution in [2.75, 3.05) is 6.61 Å². The molecule has 0 aliphatic carbocycles. The van der Waals surface area contributed by atoms with E-state index in [0.29, 0.717) is 18.4 Å². The van der Waals surface area contributed by atoms with Gasteiger partial charge in [-0.3, -0.25) is 9.59 Å². The van der Waals surface area contributed by atoms with Gasteiger partial charge >= 0.3 is 5.97 Å². The number of Topliss-reactive ketones (excluding diaryl/α,β-unsaturated/α-hetero) is 1. The van der Waals surface area contributed by atoms with Gasteiger partial charge in [0.1, 0.15) is 18.5 Å². The van der Waals surface area contributed by atoms with Gasteiger partial charge in [0.15, 0.2) is 5.78 Å². The van der Waals surface area contributed by atoms with Crippen LogP contribution in [0.2, 0.25) is 0 Å². The second-order valence-electron chi connectivity index (χ2n) is 7.03. The molecule has 26 heavy (non-hydrogen) atoms. The molecule has 1 aromatic rings. The Morgan fingerprint density at radius 1 is 1.19 bits per heavy atom. The van der Waals surface area contributed by atoms with Crippen molar-refractivity contribution in [2.24, 2.45) is 0 Å². The van der Waals surface area contributed by atoms with Gasteiger partial charge < -0.3 is 9.47 Å². The average Bonchev–Trinajstić information content (AvgIpc) is 3.05. The molecule has 4 nitrogen and oxygen atoms in total. The zero-order valence-electron chi connectivity index (χ0n) is 16.0. The van der Waals surface area contributed by atoms with Crippen LogP contribution in [0.1, 0.15) is 74.7 Å². The highest BCUT2D eigenvalue weighted by Gasteiger charge is 2.26. The molecule has 1 aliphatic rings. The van der Waals surface area contributed by atoms with Crippen LogP contribution in [-0.2, 0) is 16.0 Å². The normalized spacial score (nSPS) is 15.2. The topological polar surface area (TPSA) is 52.6 Å². The van der Waals surface area contributed by atoms with E-state index < -0.39 is 0 Å². The standard InChI is InChI=1S/C22H30O4/c1-4-5-6-7-8-9-10-22(24)25-15-16(2)21-14-19-13-18(17(3)23)11-12-20(19)26-21/h11-13,21H,2,4-10,14-15H2,1,3H3/t21-/m1/s1. The largest absolute Gasteiger partial charge is 0.485 e. The lowest BCUT2D eigenvalue weighted by Gasteiger charge is -2.14. The Hall–Kier alpha value is -2.10. The Morgan fingerprint density at radius 3 is 2.65 bits per heavy atom. The summed E-state index contributed by atoms with van der Waals surface area (Å²) in [6.45, 7) is 7.94. The van der Waals surface area contributed by atoms with Gasteiger partial charge in [0.05, 0.1) is 0 Å². The molecule has 0 aromatic heterocycles. The lowest BCUT2D eigenvalue weighted by atomic mass is 10.0. The highest BCUT2D eigenvalue weighted by molar-refractivity contribution is 5.94. The number of hydrogen-bond acceptors (Lipinski definition) is 4. The van der Waals surface area contributed by atoms with E-state index >= 15 is 0 Å². The second-order valence-corrected chi connectivity index (χ2v) is 7.03. The Balaban J connectivity index is 1.69. The average molecular weight is 358 g/mol. The van der Waals surface area contributed by atoms with Gasteiger partial charge in [0.2, 0.25) is 0 Å². The molecule has 0 amide bonds. The first-order chi connectivity index (χ1) is 12.5. The molecule has 0 unspecified atom stereocenters. The second kappa shape index (κ2) is 10.1. The van der Waals surface area contributed by atoms with Crippen LogP contribution in [0.5, 0.6) is 5.75 Å². The lowest BCUT2D eigenvalue weighted by molar-refractivity contribution is -0.143. The summed E-state index contributed by atoms with van der Waals surface area (Å²) in [5.74, 6) is 0.647. The Labute approximate surface area is 156 Å². The SMILES string of the molecule is C=C(COC(=O)CCCCCCCC)[C@H]1Cc2cc(C(C)=O)ccc2O1. The highest BCUT2D eigenvalue weighted by atomic mass is 16.5. The number of fused-ring (bicyclic) bond motifs is 1. The minimum atomic E-state index is -0.200. The maximum absolute atomic E-state index is 11.8. The molecule has 1 atom stereocenters. The summed E-state index contributed by atoms with van der Waals surface area (Å²) in [5, 5.41) is 0. The molecule has 142 valence electrons. The molecule has 0 radical (unpaired) electrons. The van der Waals surface area contributed by atoms with Gasteiger partial charge in [0.25, 0.3) is 0 Å². The fourth-order valence-corrected chi connectivity index (χ4v) is 3.08. The number of carbonyl (C=O) groups excluding carboxylic acids is 2. The van der Waals surface area contributed by atoms with Crippen molar-refractivity contribution >= 4 is 11.8 Å². The van der Waals surface area contributed by atoms with E-state index in [2.05, 4.69) is 13.5 Å². The molecule has 0 spiro atoms. The van der Waals surface area contributed by atoms with E-state index in [-0.39, 0.29) is 24.5 Å². The van der Waals surface area contributed by atoms with Crippen molar-refractivity contribution < 1.29 is 19.1 Å². The third-order valence-corrected chi connectivity index (χ3v) is 4.75. The minimum Gasteiger partial charge on any atom is -0.485 e. The van der Waals surface area contributed by atoms with Crippen molar-refractivity contribution in [3.63, 3.8) is 0 Å². The van der Waals surface area contributed by atoms with Crippen LogP contribution >= 0.6 is 0 Å². The number of carbonyl (C=O) groups is 2. The van der Waals surface area contributed by atoms with Crippen LogP contribution in [-0.4, -0.2) is 24.5 Å². The summed E-state index contributed by atoms with van der Waals surface area (Å²) in [7, 11) is 0. The summed E-state index contributed by atoms with van der Waals surface area (Å²) in [5.41, 5.74) is 2.44. The van der Waals surface area contributed by atoms with Crippen molar-refractivity contribution in [1.82, 2.24) is 0 Å². The number of ketones is 1. The summed E-state index contributed by atoms with van der Waals surface area (Å²) < 4.78 is 11.2. The van der Waals surface area contributed by atoms with Crippen LogP contribution in [0, 0.1) is 0 Å². The molecule has 0 fully saturated rings. The van der Waals surface area contributed by atoms with E-state index in [1.165, 1.54) is 25.7 Å². The third kappa shape index (κ3) is 6.01. The molecule has 4 heteroatoms. The number of esters is 1. The molecule has 1 heterocycles. The van der Waals surface area contributed by atoms with Crippen molar-refractivity contribution in [2.45, 2.75) is 71.3 Å². The molecule has 0 N–H and O–H groups in total. The summed E-state index contributed by atoms with van der Waals surface area (Å²) in [6, 6.07) is 5.46. The van der Waals surface area contributed by atoms with Crippen molar-refractivity contribution in [1.29, 1.82) is 0 Å². The Bertz CT molecular complexity index is 648. The first-order valence-corrected chi connectivity index (χ1v) is 9.65. The zero-order chi connectivity index (χ0) is 18.9. The van der Waals surface area contributed by atoms with Crippen LogP contribution in [0.3, 0.4) is 0 Å². The number of rotatable bonds is 11. The molecular weight excluding hydrogens is 328 g/mol. The van der Waals surface area contributed by atoms with Crippen LogP contribution in [0.4, 0.5) is 0 Å². The van der Waals surface area contributed by atoms with E-state index in [4.69, 9.17) is 9.47 Å². The predicted octanol–water partition coefficient (Wildman–Crippen LogP) is 5.04. The maximum atomic E-state index is 11.8. The Kier molecular flexibility index (Phi) is 7.89. The number of benzene rings is 1. The molecule has 0 bridgehead atoms. The first kappa shape index (κ1) is 20.2. The third-order valence-electron chi connectivity index (χ3n) is 4.75. The minimum absolute atomic E-state index is 0.0405. The fraction of sp³-hybridized carbons (Fsp3) is 0.545. The van der Waals surface area contributed by atoms with E-state index in [9.17, 15) is 9.59 Å². The van der Waals surface area contributed by atoms with Gasteiger partial charge in [-0.25, -0.2) is 0 Å². The van der Waals surface area contributed by atoms with Gasteiger partial charge in [-0.2, -0.15) is 0 Å². The number of hydrogen-bond donors (Lipinski definition) is 0. The van der Waals surface area contributed by atoms with Gasteiger partial charge in [-0.1, -0.05) is 45.6 Å². The molecular formula is C22H30O4. The predicted molar refractivity (Wildman–Crippen MR) is 103 cm³/mol. The molecule has 0 saturated carbocycles. The van der Waals surface area contributed by atoms with Crippen molar-refractivity contribution in [3.05, 3.63) is 41.5 Å². The Morgan fingerprint density at radius 2 is 1.92 bits per heavy atom. The van der Waals surface area contributed by atoms with E-state index in [0.717, 1.165) is 29.7 Å². The smallest absolute Gasteiger partial charge is 0.306 e. The summed E-state index contributed by atoms with van der Waals surface area (Å²) in [4.78, 5) is 23.3. The highest BCUT2D eigenvalue weighted by Crippen LogP contribution is 2.32. The first-order valence-electron chi connectivity index (χ1n) is 9.65. The molecule has 1 aromatic carbocycles. The van der Waals surface area contributed by atoms with Crippen molar-refractivity contribution in [3.8, 4) is 5.75 Å². The number of unbranched alkanes of at least 4 members (excludes halogenated alkanes) is 5. The quantitative estimate of drug-likeness (QED) is 0.241.